The van der Waals surface area contributed by atoms with Gasteiger partial charge in [0.1, 0.15) is 6.61 Å². The fourth-order valence-electron chi connectivity index (χ4n) is 2.59. The highest BCUT2D eigenvalue weighted by atomic mass is 19.1. The Bertz CT molecular complexity index is 888. The van der Waals surface area contributed by atoms with Crippen LogP contribution in [-0.4, -0.2) is 27.5 Å². The maximum atomic E-state index is 14.7. The number of aryl methyl sites for hydroxylation is 1. The minimum Gasteiger partial charge on any atom is -0.488 e. The van der Waals surface area contributed by atoms with Crippen LogP contribution in [0.4, 0.5) is 4.39 Å². The minimum atomic E-state index is -0.594. The first-order valence-corrected chi connectivity index (χ1v) is 8.19. The lowest BCUT2D eigenvalue weighted by Crippen LogP contribution is -2.21. The van der Waals surface area contributed by atoms with E-state index in [0.29, 0.717) is 17.6 Å². The van der Waals surface area contributed by atoms with Crippen molar-refractivity contribution in [3.63, 3.8) is 0 Å². The third-order valence-corrected chi connectivity index (χ3v) is 3.76. The van der Waals surface area contributed by atoms with E-state index in [9.17, 15) is 9.18 Å². The van der Waals surface area contributed by atoms with Crippen molar-refractivity contribution in [2.24, 2.45) is 7.05 Å². The Labute approximate surface area is 146 Å². The van der Waals surface area contributed by atoms with Gasteiger partial charge < -0.3 is 9.84 Å². The normalized spacial score (nSPS) is 13.6. The lowest BCUT2D eigenvalue weighted by molar-refractivity contribution is 0.143. The molecule has 5 nitrogen and oxygen atoms in total. The van der Waals surface area contributed by atoms with Gasteiger partial charge in [-0.25, -0.2) is 9.18 Å². The second kappa shape index (κ2) is 8.48. The molecule has 0 aliphatic rings. The molecule has 0 spiro atoms. The van der Waals surface area contributed by atoms with Crippen LogP contribution in [0.15, 0.2) is 58.9 Å². The molecule has 0 fully saturated rings. The topological polar surface area (TPSA) is 56.4 Å². The Hall–Kier alpha value is -2.60. The van der Waals surface area contributed by atoms with Crippen molar-refractivity contribution in [2.75, 3.05) is 13.2 Å². The molecule has 1 aromatic heterocycles. The number of hydrogen-bond acceptors (Lipinski definition) is 3. The maximum Gasteiger partial charge on any atom is 0.333 e. The smallest absolute Gasteiger partial charge is 0.333 e. The number of benzene rings is 1. The Balaban J connectivity index is 2.53. The van der Waals surface area contributed by atoms with Crippen LogP contribution in [-0.2, 0) is 11.8 Å². The van der Waals surface area contributed by atoms with Gasteiger partial charge in [-0.1, -0.05) is 25.1 Å². The lowest BCUT2D eigenvalue weighted by atomic mass is 10.2. The second-order valence-electron chi connectivity index (χ2n) is 5.42. The summed E-state index contributed by atoms with van der Waals surface area (Å²) in [6.07, 6.45) is 5.12. The number of para-hydroxylation sites is 2. The van der Waals surface area contributed by atoms with E-state index in [1.54, 1.807) is 26.1 Å². The van der Waals surface area contributed by atoms with Gasteiger partial charge in [-0.15, -0.1) is 0 Å². The molecule has 1 aromatic carbocycles. The molecule has 1 heterocycles. The molecule has 0 unspecified atom stereocenters. The highest BCUT2D eigenvalue weighted by Gasteiger charge is 2.14. The standard InChI is InChI=1S/C19H23FN2O3/c1-4-8-18(25-12-11-23)15(20)13-14(5-2)22-17-10-7-6-9-16(17)21(3)19(22)24/h5-10,13,23H,4,11-12H2,1-3H3/b14-5+,15-13+,18-8+. The number of ether oxygens (including phenoxy) is 1. The van der Waals surface area contributed by atoms with Crippen molar-refractivity contribution in [1.29, 1.82) is 0 Å². The molecule has 0 amide bonds. The Morgan fingerprint density at radius 2 is 2.00 bits per heavy atom. The largest absolute Gasteiger partial charge is 0.488 e. The van der Waals surface area contributed by atoms with Crippen molar-refractivity contribution >= 4 is 16.7 Å². The first-order chi connectivity index (χ1) is 12.0. The number of nitrogens with zero attached hydrogens (tertiary/aromatic N) is 2. The van der Waals surface area contributed by atoms with Crippen LogP contribution in [0, 0.1) is 0 Å². The van der Waals surface area contributed by atoms with E-state index in [1.807, 2.05) is 31.2 Å². The molecule has 1 N–H and O–H groups in total. The molecular weight excluding hydrogens is 323 g/mol. The summed E-state index contributed by atoms with van der Waals surface area (Å²) in [6, 6.07) is 7.34. The molecule has 134 valence electrons. The van der Waals surface area contributed by atoms with Crippen molar-refractivity contribution < 1.29 is 14.2 Å². The molecule has 0 aliphatic heterocycles. The van der Waals surface area contributed by atoms with Gasteiger partial charge >= 0.3 is 5.69 Å². The van der Waals surface area contributed by atoms with Crippen molar-refractivity contribution in [1.82, 2.24) is 9.13 Å². The van der Waals surface area contributed by atoms with Crippen molar-refractivity contribution in [2.45, 2.75) is 20.3 Å². The minimum absolute atomic E-state index is 0.00643. The van der Waals surface area contributed by atoms with Gasteiger partial charge in [0.2, 0.25) is 0 Å². The van der Waals surface area contributed by atoms with Gasteiger partial charge in [-0.2, -0.15) is 0 Å². The summed E-state index contributed by atoms with van der Waals surface area (Å²) in [7, 11) is 1.68. The Morgan fingerprint density at radius 3 is 2.60 bits per heavy atom. The van der Waals surface area contributed by atoms with Crippen LogP contribution >= 0.6 is 0 Å². The van der Waals surface area contributed by atoms with Gasteiger partial charge in [-0.05, 0) is 31.6 Å². The third-order valence-electron chi connectivity index (χ3n) is 3.76. The number of aliphatic hydroxyl groups excluding tert-OH is 1. The molecule has 2 rings (SSSR count). The predicted molar refractivity (Wildman–Crippen MR) is 97.7 cm³/mol. The van der Waals surface area contributed by atoms with E-state index in [0.717, 1.165) is 5.52 Å². The Morgan fingerprint density at radius 1 is 1.32 bits per heavy atom. The molecule has 25 heavy (non-hydrogen) atoms. The van der Waals surface area contributed by atoms with Gasteiger partial charge in [0.15, 0.2) is 11.6 Å². The van der Waals surface area contributed by atoms with Crippen LogP contribution in [0.1, 0.15) is 20.3 Å². The molecule has 2 aromatic rings. The van der Waals surface area contributed by atoms with E-state index in [2.05, 4.69) is 0 Å². The fourth-order valence-corrected chi connectivity index (χ4v) is 2.59. The predicted octanol–water partition coefficient (Wildman–Crippen LogP) is 3.36. The van der Waals surface area contributed by atoms with Gasteiger partial charge in [-0.3, -0.25) is 9.13 Å². The second-order valence-corrected chi connectivity index (χ2v) is 5.42. The number of rotatable bonds is 7. The monoisotopic (exact) mass is 346 g/mol. The number of fused-ring (bicyclic) bond motifs is 1. The number of aromatic nitrogens is 2. The summed E-state index contributed by atoms with van der Waals surface area (Å²) in [6.45, 7) is 3.41. The van der Waals surface area contributed by atoms with Crippen LogP contribution in [0.3, 0.4) is 0 Å². The molecule has 0 saturated carbocycles. The highest BCUT2D eigenvalue weighted by molar-refractivity contribution is 5.81. The zero-order valence-electron chi connectivity index (χ0n) is 14.7. The zero-order valence-corrected chi connectivity index (χ0v) is 14.7. The number of hydrogen-bond donors (Lipinski definition) is 1. The maximum absolute atomic E-state index is 14.7. The van der Waals surface area contributed by atoms with Crippen LogP contribution in [0.5, 0.6) is 0 Å². The van der Waals surface area contributed by atoms with Gasteiger partial charge in [0, 0.05) is 18.8 Å². The van der Waals surface area contributed by atoms with Crippen LogP contribution < -0.4 is 5.69 Å². The highest BCUT2D eigenvalue weighted by Crippen LogP contribution is 2.21. The summed E-state index contributed by atoms with van der Waals surface area (Å²) in [5, 5.41) is 8.88. The molecule has 0 bridgehead atoms. The molecule has 0 saturated heterocycles. The molecule has 0 aliphatic carbocycles. The lowest BCUT2D eigenvalue weighted by Gasteiger charge is -2.09. The van der Waals surface area contributed by atoms with Gasteiger partial charge in [0.05, 0.1) is 17.6 Å². The molecular formula is C19H23FN2O3. The van der Waals surface area contributed by atoms with E-state index in [1.165, 1.54) is 15.2 Å². The van der Waals surface area contributed by atoms with E-state index >= 15 is 0 Å². The van der Waals surface area contributed by atoms with E-state index in [4.69, 9.17) is 9.84 Å². The number of imidazole rings is 1. The van der Waals surface area contributed by atoms with Crippen molar-refractivity contribution in [3.05, 3.63) is 64.6 Å². The zero-order chi connectivity index (χ0) is 18.4. The van der Waals surface area contributed by atoms with Gasteiger partial charge in [0.25, 0.3) is 0 Å². The summed E-state index contributed by atoms with van der Waals surface area (Å²) < 4.78 is 22.9. The van der Waals surface area contributed by atoms with Crippen LogP contribution in [0.25, 0.3) is 16.7 Å². The first-order valence-electron chi connectivity index (χ1n) is 8.19. The number of aliphatic hydroxyl groups is 1. The molecule has 0 radical (unpaired) electrons. The number of allylic oxidation sites excluding steroid dienone is 5. The first kappa shape index (κ1) is 18.7. The van der Waals surface area contributed by atoms with E-state index < -0.39 is 5.83 Å². The molecule has 0 atom stereocenters. The van der Waals surface area contributed by atoms with Crippen LogP contribution in [0.2, 0.25) is 0 Å². The number of halogens is 1. The van der Waals surface area contributed by atoms with Crippen molar-refractivity contribution in [3.8, 4) is 0 Å². The summed E-state index contributed by atoms with van der Waals surface area (Å²) in [5.74, 6) is -0.535. The molecule has 6 heteroatoms. The SMILES string of the molecule is C\C=C(/C=C(F)\C(=C/CC)OCCO)n1c(=O)n(C)c2ccccc21. The third kappa shape index (κ3) is 3.91. The summed E-state index contributed by atoms with van der Waals surface area (Å²) in [4.78, 5) is 12.6. The summed E-state index contributed by atoms with van der Waals surface area (Å²) >= 11 is 0. The van der Waals surface area contributed by atoms with E-state index in [-0.39, 0.29) is 24.7 Å². The Kier molecular flexibility index (Phi) is 6.36. The average Bonchev–Trinajstić information content (AvgIpc) is 2.88. The summed E-state index contributed by atoms with van der Waals surface area (Å²) in [5.41, 5.74) is 1.62. The fraction of sp³-hybridized carbons (Fsp3) is 0.316. The quantitative estimate of drug-likeness (QED) is 0.618. The average molecular weight is 346 g/mol.